The number of nitrogens with zero attached hydrogens (tertiary/aromatic N) is 4. The quantitative estimate of drug-likeness (QED) is 0.220. The number of hydrogen-bond acceptors (Lipinski definition) is 8. The van der Waals surface area contributed by atoms with E-state index in [9.17, 15) is 4.79 Å². The standard InChI is InChI=1S/C19H30N5O3P/c1-3-8-24(9-11-26-20)10-12-27-23-14-18-6-4-17(5-7-18)13-21-15-22-16(2)19(25)28/h4-7,13-14H,3,8-12,15,20,28H2,1-2H3/b21-13?,22-16?,23-14+. The van der Waals surface area contributed by atoms with Crippen molar-refractivity contribution in [1.29, 1.82) is 0 Å². The van der Waals surface area contributed by atoms with Crippen LogP contribution in [0.2, 0.25) is 0 Å². The Labute approximate surface area is 169 Å². The summed E-state index contributed by atoms with van der Waals surface area (Å²) in [4.78, 5) is 31.4. The topological polar surface area (TPSA) is 102 Å². The van der Waals surface area contributed by atoms with E-state index in [1.807, 2.05) is 24.3 Å². The van der Waals surface area contributed by atoms with Crippen LogP contribution in [0.15, 0.2) is 39.4 Å². The van der Waals surface area contributed by atoms with Crippen LogP contribution >= 0.6 is 9.24 Å². The largest absolute Gasteiger partial charge is 0.394 e. The lowest BCUT2D eigenvalue weighted by atomic mass is 10.2. The third-order valence-electron chi connectivity index (χ3n) is 3.76. The molecule has 1 unspecified atom stereocenters. The number of hydrogen-bond donors (Lipinski definition) is 1. The summed E-state index contributed by atoms with van der Waals surface area (Å²) in [6.45, 7) is 7.55. The van der Waals surface area contributed by atoms with Crippen LogP contribution < -0.4 is 5.90 Å². The molecule has 1 rings (SSSR count). The van der Waals surface area contributed by atoms with Gasteiger partial charge in [0.25, 0.3) is 0 Å². The summed E-state index contributed by atoms with van der Waals surface area (Å²) >= 11 is 0. The summed E-state index contributed by atoms with van der Waals surface area (Å²) in [5.41, 5.74) is 2.20. The van der Waals surface area contributed by atoms with E-state index in [2.05, 4.69) is 41.0 Å². The van der Waals surface area contributed by atoms with Gasteiger partial charge in [-0.15, -0.1) is 0 Å². The average Bonchev–Trinajstić information content (AvgIpc) is 2.69. The van der Waals surface area contributed by atoms with Crippen LogP contribution in [0.25, 0.3) is 0 Å². The van der Waals surface area contributed by atoms with Crippen LogP contribution in [-0.2, 0) is 14.5 Å². The Morgan fingerprint density at radius 2 is 1.79 bits per heavy atom. The third kappa shape index (κ3) is 11.0. The number of oxime groups is 1. The van der Waals surface area contributed by atoms with E-state index in [0.717, 1.165) is 37.2 Å². The molecule has 0 bridgehead atoms. The molecule has 0 spiro atoms. The maximum atomic E-state index is 11.0. The summed E-state index contributed by atoms with van der Waals surface area (Å²) in [5, 5.41) is 4.00. The van der Waals surface area contributed by atoms with Gasteiger partial charge in [0.2, 0.25) is 0 Å². The molecule has 1 aromatic carbocycles. The molecule has 0 heterocycles. The summed E-state index contributed by atoms with van der Waals surface area (Å²) in [7, 11) is 2.09. The number of rotatable bonds is 14. The van der Waals surface area contributed by atoms with Gasteiger partial charge in [-0.25, -0.2) is 5.90 Å². The zero-order valence-corrected chi connectivity index (χ0v) is 17.7. The SMILES string of the molecule is CCCN(CCON)CCO/N=C/c1ccc(C=NCN=C(C)C(=O)P)cc1. The van der Waals surface area contributed by atoms with Crippen molar-refractivity contribution < 1.29 is 14.5 Å². The monoisotopic (exact) mass is 407 g/mol. The van der Waals surface area contributed by atoms with E-state index in [4.69, 9.17) is 10.7 Å². The molecule has 0 fully saturated rings. The van der Waals surface area contributed by atoms with Gasteiger partial charge in [-0.3, -0.25) is 19.7 Å². The molecule has 28 heavy (non-hydrogen) atoms. The number of benzene rings is 1. The zero-order valence-electron chi connectivity index (χ0n) is 16.6. The minimum absolute atomic E-state index is 0.122. The second kappa shape index (κ2) is 15.0. The molecule has 0 aliphatic rings. The van der Waals surface area contributed by atoms with Gasteiger partial charge in [-0.05, 0) is 31.0 Å². The van der Waals surface area contributed by atoms with E-state index >= 15 is 0 Å². The number of carbonyl (C=O) groups excluding carboxylic acids is 1. The van der Waals surface area contributed by atoms with E-state index < -0.39 is 0 Å². The first-order valence-corrected chi connectivity index (χ1v) is 9.74. The maximum absolute atomic E-state index is 11.0. The molecule has 1 atom stereocenters. The fourth-order valence-electron chi connectivity index (χ4n) is 2.19. The van der Waals surface area contributed by atoms with E-state index in [0.29, 0.717) is 18.9 Å². The smallest absolute Gasteiger partial charge is 0.191 e. The fraction of sp³-hybridized carbons (Fsp3) is 0.474. The maximum Gasteiger partial charge on any atom is 0.191 e. The second-order valence-corrected chi connectivity index (χ2v) is 6.53. The van der Waals surface area contributed by atoms with Gasteiger partial charge in [0.05, 0.1) is 18.5 Å². The molecule has 0 aliphatic carbocycles. The predicted octanol–water partition coefficient (Wildman–Crippen LogP) is 1.88. The van der Waals surface area contributed by atoms with Crippen molar-refractivity contribution in [2.45, 2.75) is 20.3 Å². The van der Waals surface area contributed by atoms with Crippen molar-refractivity contribution in [1.82, 2.24) is 4.90 Å². The minimum Gasteiger partial charge on any atom is -0.394 e. The summed E-state index contributed by atoms with van der Waals surface area (Å²) in [6, 6.07) is 7.71. The van der Waals surface area contributed by atoms with Gasteiger partial charge in [-0.2, -0.15) is 0 Å². The molecule has 154 valence electrons. The first-order chi connectivity index (χ1) is 13.6. The number of nitrogens with two attached hydrogens (primary N) is 1. The Morgan fingerprint density at radius 3 is 2.39 bits per heavy atom. The van der Waals surface area contributed by atoms with Crippen LogP contribution in [0.3, 0.4) is 0 Å². The van der Waals surface area contributed by atoms with E-state index in [1.54, 1.807) is 19.4 Å². The normalized spacial score (nSPS) is 12.4. The Bertz CT molecular complexity index is 662. The fourth-order valence-corrected chi connectivity index (χ4v) is 2.28. The first kappa shape index (κ1) is 24.0. The Kier molecular flexibility index (Phi) is 12.9. The molecule has 0 aliphatic heterocycles. The van der Waals surface area contributed by atoms with Gasteiger partial charge in [0.1, 0.15) is 13.3 Å². The molecule has 0 radical (unpaired) electrons. The van der Waals surface area contributed by atoms with Crippen molar-refractivity contribution in [3.05, 3.63) is 35.4 Å². The highest BCUT2D eigenvalue weighted by molar-refractivity contribution is 7.45. The van der Waals surface area contributed by atoms with Crippen LogP contribution in [0.5, 0.6) is 0 Å². The van der Waals surface area contributed by atoms with Crippen molar-refractivity contribution in [2.24, 2.45) is 21.0 Å². The van der Waals surface area contributed by atoms with Gasteiger partial charge < -0.3 is 9.68 Å². The van der Waals surface area contributed by atoms with Crippen molar-refractivity contribution >= 4 is 32.9 Å². The molecule has 0 saturated heterocycles. The molecule has 1 aromatic rings. The van der Waals surface area contributed by atoms with Crippen LogP contribution in [-0.4, -0.2) is 68.1 Å². The lowest BCUT2D eigenvalue weighted by Crippen LogP contribution is -2.32. The van der Waals surface area contributed by atoms with Crippen LogP contribution in [0.4, 0.5) is 0 Å². The van der Waals surface area contributed by atoms with Gasteiger partial charge >= 0.3 is 0 Å². The number of carbonyl (C=O) groups is 1. The molecule has 0 saturated carbocycles. The Morgan fingerprint density at radius 1 is 1.14 bits per heavy atom. The summed E-state index contributed by atoms with van der Waals surface area (Å²) in [5.74, 6) is 5.07. The van der Waals surface area contributed by atoms with Gasteiger partial charge in [0.15, 0.2) is 5.52 Å². The second-order valence-electron chi connectivity index (χ2n) is 6.01. The third-order valence-corrected chi connectivity index (χ3v) is 4.18. The molecular weight excluding hydrogens is 377 g/mol. The molecule has 0 amide bonds. The molecule has 9 heteroatoms. The van der Waals surface area contributed by atoms with E-state index in [-0.39, 0.29) is 12.2 Å². The highest BCUT2D eigenvalue weighted by Gasteiger charge is 2.03. The summed E-state index contributed by atoms with van der Waals surface area (Å²) in [6.07, 6.45) is 4.45. The molecule has 0 aromatic heterocycles. The molecule has 2 N–H and O–H groups in total. The molecule has 8 nitrogen and oxygen atoms in total. The molecular formula is C19H30N5O3P. The Balaban J connectivity index is 2.37. The lowest BCUT2D eigenvalue weighted by molar-refractivity contribution is -0.105. The van der Waals surface area contributed by atoms with Gasteiger partial charge in [-0.1, -0.05) is 45.6 Å². The van der Waals surface area contributed by atoms with Gasteiger partial charge in [0, 0.05) is 19.3 Å². The van der Waals surface area contributed by atoms with E-state index in [1.165, 1.54) is 0 Å². The van der Waals surface area contributed by atoms with Crippen molar-refractivity contribution in [3.8, 4) is 0 Å². The zero-order chi connectivity index (χ0) is 20.6. The first-order valence-electron chi connectivity index (χ1n) is 9.17. The van der Waals surface area contributed by atoms with Crippen LogP contribution in [0, 0.1) is 0 Å². The lowest BCUT2D eigenvalue weighted by Gasteiger charge is -2.19. The minimum atomic E-state index is -0.122. The van der Waals surface area contributed by atoms with Crippen molar-refractivity contribution in [3.63, 3.8) is 0 Å². The highest BCUT2D eigenvalue weighted by Crippen LogP contribution is 2.01. The van der Waals surface area contributed by atoms with Crippen molar-refractivity contribution in [2.75, 3.05) is 39.5 Å². The predicted molar refractivity (Wildman–Crippen MR) is 117 cm³/mol. The summed E-state index contributed by atoms with van der Waals surface area (Å²) < 4.78 is 0. The Hall–Kier alpha value is -1.99. The van der Waals surface area contributed by atoms with Crippen LogP contribution in [0.1, 0.15) is 31.4 Å². The highest BCUT2D eigenvalue weighted by atomic mass is 31.0. The number of aliphatic imine (C=N–C) groups is 2. The average molecular weight is 407 g/mol.